The zero-order chi connectivity index (χ0) is 10.7. The molecule has 0 atom stereocenters. The average molecular weight is 195 g/mol. The molecule has 0 aromatic carbocycles. The van der Waals surface area contributed by atoms with Crippen LogP contribution >= 0.6 is 0 Å². The number of hydrogen-bond acceptors (Lipinski definition) is 2. The molecule has 80 valence electrons. The Hall–Kier alpha value is -0.830. The summed E-state index contributed by atoms with van der Waals surface area (Å²) in [6, 6.07) is 0.972. The molecule has 1 aromatic rings. The van der Waals surface area contributed by atoms with Gasteiger partial charge < -0.3 is 5.32 Å². The van der Waals surface area contributed by atoms with Crippen molar-refractivity contribution < 1.29 is 0 Å². The molecule has 0 fully saturated rings. The molecule has 1 N–H and O–H groups in total. The lowest BCUT2D eigenvalue weighted by Crippen LogP contribution is -2.22. The molecule has 0 unspecified atom stereocenters. The van der Waals surface area contributed by atoms with Crippen molar-refractivity contribution in [3.05, 3.63) is 17.5 Å². The van der Waals surface area contributed by atoms with Crippen molar-refractivity contribution in [1.82, 2.24) is 15.1 Å². The third-order valence-corrected chi connectivity index (χ3v) is 2.34. The zero-order valence-electron chi connectivity index (χ0n) is 9.83. The van der Waals surface area contributed by atoms with Gasteiger partial charge in [0, 0.05) is 29.9 Å². The minimum atomic E-state index is 0.447. The molecule has 0 aliphatic heterocycles. The van der Waals surface area contributed by atoms with Gasteiger partial charge in [0.25, 0.3) is 0 Å². The van der Waals surface area contributed by atoms with Gasteiger partial charge in [-0.25, -0.2) is 0 Å². The highest BCUT2D eigenvalue weighted by Gasteiger charge is 2.08. The van der Waals surface area contributed by atoms with Crippen molar-refractivity contribution in [3.63, 3.8) is 0 Å². The fraction of sp³-hybridized carbons (Fsp3) is 0.727. The summed E-state index contributed by atoms with van der Waals surface area (Å²) in [6.45, 7) is 11.7. The van der Waals surface area contributed by atoms with E-state index in [1.54, 1.807) is 0 Å². The van der Waals surface area contributed by atoms with Crippen LogP contribution in [-0.2, 0) is 6.54 Å². The van der Waals surface area contributed by atoms with Crippen molar-refractivity contribution in [2.45, 2.75) is 53.2 Å². The first-order chi connectivity index (χ1) is 6.52. The minimum Gasteiger partial charge on any atom is -0.310 e. The van der Waals surface area contributed by atoms with Crippen molar-refractivity contribution in [3.8, 4) is 0 Å². The Balaban J connectivity index is 2.70. The predicted octanol–water partition coefficient (Wildman–Crippen LogP) is 2.27. The van der Waals surface area contributed by atoms with E-state index in [1.807, 2.05) is 6.20 Å². The molecular formula is C11H21N3. The van der Waals surface area contributed by atoms with Crippen LogP contribution in [0.25, 0.3) is 0 Å². The molecule has 0 aliphatic rings. The van der Waals surface area contributed by atoms with Gasteiger partial charge in [0.1, 0.15) is 0 Å². The first-order valence-corrected chi connectivity index (χ1v) is 5.28. The number of rotatable bonds is 4. The maximum Gasteiger partial charge on any atom is 0.0537 e. The Morgan fingerprint density at radius 1 is 1.36 bits per heavy atom. The molecule has 0 amide bonds. The van der Waals surface area contributed by atoms with Gasteiger partial charge in [-0.2, -0.15) is 5.10 Å². The summed E-state index contributed by atoms with van der Waals surface area (Å²) in [5.41, 5.74) is 2.57. The van der Waals surface area contributed by atoms with Gasteiger partial charge in [-0.3, -0.25) is 4.68 Å². The maximum absolute atomic E-state index is 4.37. The van der Waals surface area contributed by atoms with E-state index < -0.39 is 0 Å². The second kappa shape index (κ2) is 4.60. The third kappa shape index (κ3) is 2.58. The number of aromatic nitrogens is 2. The first kappa shape index (κ1) is 11.2. The monoisotopic (exact) mass is 195 g/mol. The van der Waals surface area contributed by atoms with Crippen LogP contribution in [0.15, 0.2) is 6.20 Å². The Bertz CT molecular complexity index is 287. The van der Waals surface area contributed by atoms with Gasteiger partial charge in [0.15, 0.2) is 0 Å². The molecular weight excluding hydrogens is 174 g/mol. The fourth-order valence-electron chi connectivity index (χ4n) is 1.47. The largest absolute Gasteiger partial charge is 0.310 e. The van der Waals surface area contributed by atoms with E-state index in [0.29, 0.717) is 12.1 Å². The highest BCUT2D eigenvalue weighted by atomic mass is 15.3. The molecule has 14 heavy (non-hydrogen) atoms. The van der Waals surface area contributed by atoms with Crippen molar-refractivity contribution in [1.29, 1.82) is 0 Å². The van der Waals surface area contributed by atoms with E-state index in [9.17, 15) is 0 Å². The summed E-state index contributed by atoms with van der Waals surface area (Å²) in [4.78, 5) is 0. The molecule has 3 heteroatoms. The molecule has 1 aromatic heterocycles. The summed E-state index contributed by atoms with van der Waals surface area (Å²) < 4.78 is 2.07. The van der Waals surface area contributed by atoms with E-state index in [0.717, 1.165) is 6.54 Å². The van der Waals surface area contributed by atoms with Gasteiger partial charge in [0.05, 0.1) is 6.20 Å². The predicted molar refractivity (Wildman–Crippen MR) is 59.3 cm³/mol. The summed E-state index contributed by atoms with van der Waals surface area (Å²) in [6.07, 6.45) is 1.96. The fourth-order valence-corrected chi connectivity index (χ4v) is 1.47. The van der Waals surface area contributed by atoms with Gasteiger partial charge in [-0.1, -0.05) is 13.8 Å². The van der Waals surface area contributed by atoms with Crippen molar-refractivity contribution in [2.75, 3.05) is 0 Å². The van der Waals surface area contributed by atoms with Gasteiger partial charge in [0.2, 0.25) is 0 Å². The Labute approximate surface area is 86.5 Å². The lowest BCUT2D eigenvalue weighted by Gasteiger charge is -2.10. The van der Waals surface area contributed by atoms with Crippen molar-refractivity contribution >= 4 is 0 Å². The molecule has 0 radical (unpaired) electrons. The number of nitrogens with zero attached hydrogens (tertiary/aromatic N) is 2. The Kier molecular flexibility index (Phi) is 3.69. The molecule has 0 saturated carbocycles. The molecule has 1 heterocycles. The van der Waals surface area contributed by atoms with Crippen LogP contribution in [0.2, 0.25) is 0 Å². The Morgan fingerprint density at radius 3 is 2.43 bits per heavy atom. The van der Waals surface area contributed by atoms with Crippen LogP contribution in [0, 0.1) is 6.92 Å². The van der Waals surface area contributed by atoms with Crippen molar-refractivity contribution in [2.24, 2.45) is 0 Å². The highest BCUT2D eigenvalue weighted by Crippen LogP contribution is 2.12. The second-order valence-corrected chi connectivity index (χ2v) is 4.33. The van der Waals surface area contributed by atoms with Crippen LogP contribution in [0.4, 0.5) is 0 Å². The van der Waals surface area contributed by atoms with Gasteiger partial charge >= 0.3 is 0 Å². The lowest BCUT2D eigenvalue weighted by molar-refractivity contribution is 0.516. The molecule has 0 spiro atoms. The zero-order valence-corrected chi connectivity index (χ0v) is 9.83. The first-order valence-electron chi connectivity index (χ1n) is 5.28. The van der Waals surface area contributed by atoms with Crippen LogP contribution in [0.3, 0.4) is 0 Å². The standard InChI is InChI=1S/C11H21N3/c1-8(2)12-6-11-7-13-14(9(3)4)10(11)5/h7-9,12H,6H2,1-5H3. The summed E-state index contributed by atoms with van der Waals surface area (Å²) in [5.74, 6) is 0. The van der Waals surface area contributed by atoms with E-state index in [1.165, 1.54) is 11.3 Å². The number of nitrogens with one attached hydrogen (secondary N) is 1. The van der Waals surface area contributed by atoms with Crippen LogP contribution in [0.1, 0.15) is 45.0 Å². The normalized spacial score (nSPS) is 11.6. The van der Waals surface area contributed by atoms with E-state index >= 15 is 0 Å². The summed E-state index contributed by atoms with van der Waals surface area (Å²) in [7, 11) is 0. The van der Waals surface area contributed by atoms with Crippen LogP contribution in [0.5, 0.6) is 0 Å². The SMILES string of the molecule is Cc1c(CNC(C)C)cnn1C(C)C. The topological polar surface area (TPSA) is 29.9 Å². The quantitative estimate of drug-likeness (QED) is 0.798. The molecule has 3 nitrogen and oxygen atoms in total. The summed E-state index contributed by atoms with van der Waals surface area (Å²) >= 11 is 0. The van der Waals surface area contributed by atoms with E-state index in [-0.39, 0.29) is 0 Å². The van der Waals surface area contributed by atoms with Gasteiger partial charge in [-0.05, 0) is 20.8 Å². The van der Waals surface area contributed by atoms with Crippen LogP contribution in [-0.4, -0.2) is 15.8 Å². The highest BCUT2D eigenvalue weighted by molar-refractivity contribution is 5.16. The van der Waals surface area contributed by atoms with E-state index in [2.05, 4.69) is 49.7 Å². The third-order valence-electron chi connectivity index (χ3n) is 2.34. The maximum atomic E-state index is 4.37. The molecule has 0 saturated heterocycles. The average Bonchev–Trinajstić information content (AvgIpc) is 2.43. The minimum absolute atomic E-state index is 0.447. The van der Waals surface area contributed by atoms with E-state index in [4.69, 9.17) is 0 Å². The van der Waals surface area contributed by atoms with Crippen LogP contribution < -0.4 is 5.32 Å². The van der Waals surface area contributed by atoms with Gasteiger partial charge in [-0.15, -0.1) is 0 Å². The summed E-state index contributed by atoms with van der Waals surface area (Å²) in [5, 5.41) is 7.77. The lowest BCUT2D eigenvalue weighted by atomic mass is 10.2. The number of hydrogen-bond donors (Lipinski definition) is 1. The molecule has 1 rings (SSSR count). The molecule has 0 bridgehead atoms. The smallest absolute Gasteiger partial charge is 0.0537 e. The Morgan fingerprint density at radius 2 is 2.00 bits per heavy atom. The second-order valence-electron chi connectivity index (χ2n) is 4.33. The molecule has 0 aliphatic carbocycles.